The Bertz CT molecular complexity index is 640. The summed E-state index contributed by atoms with van der Waals surface area (Å²) in [4.78, 5) is 5.23. The van der Waals surface area contributed by atoms with Crippen molar-refractivity contribution in [3.63, 3.8) is 0 Å². The highest BCUT2D eigenvalue weighted by atomic mass is 32.2. The topological polar surface area (TPSA) is 74.2 Å². The van der Waals surface area contributed by atoms with E-state index in [1.807, 2.05) is 43.5 Å². The van der Waals surface area contributed by atoms with Crippen molar-refractivity contribution < 1.29 is 4.42 Å². The number of benzene rings is 1. The molecule has 0 aliphatic carbocycles. The SMILES string of the molecule is CCc1nc(C#N)c(N/N=C/c2ccc(SC)cc2)o1. The molecule has 0 aliphatic rings. The van der Waals surface area contributed by atoms with Gasteiger partial charge in [-0.2, -0.15) is 10.4 Å². The molecule has 1 aromatic heterocycles. The van der Waals surface area contributed by atoms with E-state index in [0.29, 0.717) is 12.3 Å². The van der Waals surface area contributed by atoms with Crippen LogP contribution in [0.2, 0.25) is 0 Å². The zero-order valence-electron chi connectivity index (χ0n) is 11.3. The van der Waals surface area contributed by atoms with Crippen molar-refractivity contribution in [2.75, 3.05) is 11.7 Å². The zero-order valence-corrected chi connectivity index (χ0v) is 12.1. The summed E-state index contributed by atoms with van der Waals surface area (Å²) in [7, 11) is 0. The number of hydrazone groups is 1. The van der Waals surface area contributed by atoms with Gasteiger partial charge in [0.15, 0.2) is 5.89 Å². The number of nitrogens with zero attached hydrogens (tertiary/aromatic N) is 3. The molecule has 0 saturated heterocycles. The van der Waals surface area contributed by atoms with Crippen molar-refractivity contribution in [1.29, 1.82) is 5.26 Å². The van der Waals surface area contributed by atoms with Crippen molar-refractivity contribution in [3.8, 4) is 6.07 Å². The fourth-order valence-electron chi connectivity index (χ4n) is 1.52. The number of nitriles is 1. The van der Waals surface area contributed by atoms with Gasteiger partial charge in [0.05, 0.1) is 6.21 Å². The van der Waals surface area contributed by atoms with Gasteiger partial charge in [-0.1, -0.05) is 19.1 Å². The molecule has 102 valence electrons. The lowest BCUT2D eigenvalue weighted by molar-refractivity contribution is 0.513. The molecule has 0 atom stereocenters. The number of hydrogen-bond donors (Lipinski definition) is 1. The second-order valence-electron chi connectivity index (χ2n) is 3.89. The van der Waals surface area contributed by atoms with Crippen molar-refractivity contribution in [2.24, 2.45) is 5.10 Å². The van der Waals surface area contributed by atoms with Crippen LogP contribution in [-0.2, 0) is 6.42 Å². The average molecular weight is 286 g/mol. The molecule has 0 fully saturated rings. The molecule has 20 heavy (non-hydrogen) atoms. The van der Waals surface area contributed by atoms with E-state index in [0.717, 1.165) is 5.56 Å². The third-order valence-corrected chi connectivity index (χ3v) is 3.32. The van der Waals surface area contributed by atoms with Crippen LogP contribution in [0.1, 0.15) is 24.1 Å². The fourth-order valence-corrected chi connectivity index (χ4v) is 1.93. The maximum Gasteiger partial charge on any atom is 0.252 e. The molecule has 1 heterocycles. The molecular formula is C14H14N4OS. The lowest BCUT2D eigenvalue weighted by Crippen LogP contribution is -1.91. The summed E-state index contributed by atoms with van der Waals surface area (Å²) in [6, 6.07) is 9.96. The second kappa shape index (κ2) is 6.78. The second-order valence-corrected chi connectivity index (χ2v) is 4.77. The molecule has 2 aromatic rings. The smallest absolute Gasteiger partial charge is 0.252 e. The number of nitrogens with one attached hydrogen (secondary N) is 1. The van der Waals surface area contributed by atoms with Crippen LogP contribution in [0.3, 0.4) is 0 Å². The van der Waals surface area contributed by atoms with Gasteiger partial charge in [-0.3, -0.25) is 0 Å². The molecule has 5 nitrogen and oxygen atoms in total. The molecule has 0 spiro atoms. The maximum atomic E-state index is 8.93. The van der Waals surface area contributed by atoms with Crippen LogP contribution in [0.25, 0.3) is 0 Å². The van der Waals surface area contributed by atoms with E-state index in [-0.39, 0.29) is 11.6 Å². The molecule has 0 unspecified atom stereocenters. The van der Waals surface area contributed by atoms with Gasteiger partial charge >= 0.3 is 0 Å². The van der Waals surface area contributed by atoms with Gasteiger partial charge in [-0.05, 0) is 24.0 Å². The van der Waals surface area contributed by atoms with Gasteiger partial charge in [-0.15, -0.1) is 11.8 Å². The first kappa shape index (κ1) is 14.2. The quantitative estimate of drug-likeness (QED) is 0.518. The van der Waals surface area contributed by atoms with Crippen molar-refractivity contribution in [1.82, 2.24) is 4.98 Å². The van der Waals surface area contributed by atoms with Gasteiger partial charge in [0.2, 0.25) is 5.69 Å². The zero-order chi connectivity index (χ0) is 14.4. The summed E-state index contributed by atoms with van der Waals surface area (Å²) in [6.45, 7) is 1.91. The minimum atomic E-state index is 0.219. The molecule has 0 bridgehead atoms. The third-order valence-electron chi connectivity index (χ3n) is 2.58. The van der Waals surface area contributed by atoms with E-state index >= 15 is 0 Å². The van der Waals surface area contributed by atoms with E-state index in [2.05, 4.69) is 15.5 Å². The van der Waals surface area contributed by atoms with Crippen LogP contribution < -0.4 is 5.43 Å². The molecular weight excluding hydrogens is 272 g/mol. The highest BCUT2D eigenvalue weighted by molar-refractivity contribution is 7.98. The molecule has 1 aromatic carbocycles. The Morgan fingerprint density at radius 3 is 2.80 bits per heavy atom. The number of anilines is 1. The molecule has 1 N–H and O–H groups in total. The van der Waals surface area contributed by atoms with Crippen LogP contribution in [0.15, 0.2) is 38.7 Å². The number of oxazole rings is 1. The minimum Gasteiger partial charge on any atom is -0.422 e. The van der Waals surface area contributed by atoms with E-state index < -0.39 is 0 Å². The average Bonchev–Trinajstić information content (AvgIpc) is 2.90. The van der Waals surface area contributed by atoms with E-state index in [4.69, 9.17) is 9.68 Å². The standard InChI is InChI=1S/C14H14N4OS/c1-3-13-17-12(8-15)14(19-13)18-16-9-10-4-6-11(20-2)7-5-10/h4-7,9,18H,3H2,1-2H3/b16-9+. The van der Waals surface area contributed by atoms with Crippen molar-refractivity contribution in [3.05, 3.63) is 41.4 Å². The summed E-state index contributed by atoms with van der Waals surface area (Å²) < 4.78 is 5.37. The number of hydrogen-bond acceptors (Lipinski definition) is 6. The lowest BCUT2D eigenvalue weighted by atomic mass is 10.2. The first-order chi connectivity index (χ1) is 9.76. The monoisotopic (exact) mass is 286 g/mol. The van der Waals surface area contributed by atoms with E-state index in [1.54, 1.807) is 18.0 Å². The molecule has 2 rings (SSSR count). The number of thioether (sulfide) groups is 1. The van der Waals surface area contributed by atoms with Crippen LogP contribution in [0.5, 0.6) is 0 Å². The summed E-state index contributed by atoms with van der Waals surface area (Å²) in [5.41, 5.74) is 3.89. The first-order valence-electron chi connectivity index (χ1n) is 6.09. The molecule has 0 amide bonds. The summed E-state index contributed by atoms with van der Waals surface area (Å²) in [6.07, 6.45) is 4.33. The Balaban J connectivity index is 2.05. The normalized spacial score (nSPS) is 10.7. The van der Waals surface area contributed by atoms with Crippen molar-refractivity contribution >= 4 is 23.9 Å². The lowest BCUT2D eigenvalue weighted by Gasteiger charge is -1.97. The predicted octanol–water partition coefficient (Wildman–Crippen LogP) is 3.28. The molecule has 6 heteroatoms. The Kier molecular flexibility index (Phi) is 4.80. The van der Waals surface area contributed by atoms with Gasteiger partial charge in [-0.25, -0.2) is 10.4 Å². The highest BCUT2D eigenvalue weighted by Gasteiger charge is 2.10. The predicted molar refractivity (Wildman–Crippen MR) is 80.0 cm³/mol. The van der Waals surface area contributed by atoms with Gasteiger partial charge in [0.25, 0.3) is 5.88 Å². The summed E-state index contributed by atoms with van der Waals surface area (Å²) >= 11 is 1.69. The van der Waals surface area contributed by atoms with Gasteiger partial charge in [0, 0.05) is 11.3 Å². The van der Waals surface area contributed by atoms with Crippen LogP contribution in [-0.4, -0.2) is 17.5 Å². The van der Waals surface area contributed by atoms with Gasteiger partial charge < -0.3 is 4.42 Å². The number of aryl methyl sites for hydroxylation is 1. The largest absolute Gasteiger partial charge is 0.422 e. The van der Waals surface area contributed by atoms with Crippen LogP contribution in [0, 0.1) is 11.3 Å². The minimum absolute atomic E-state index is 0.219. The Labute approximate surface area is 121 Å². The highest BCUT2D eigenvalue weighted by Crippen LogP contribution is 2.17. The molecule has 0 saturated carbocycles. The molecule has 0 radical (unpaired) electrons. The fraction of sp³-hybridized carbons (Fsp3) is 0.214. The summed E-state index contributed by atoms with van der Waals surface area (Å²) in [5.74, 6) is 0.796. The Morgan fingerprint density at radius 1 is 1.45 bits per heavy atom. The van der Waals surface area contributed by atoms with Gasteiger partial charge in [0.1, 0.15) is 6.07 Å². The Hall–Kier alpha value is -2.26. The Morgan fingerprint density at radius 2 is 2.20 bits per heavy atom. The van der Waals surface area contributed by atoms with Crippen molar-refractivity contribution in [2.45, 2.75) is 18.2 Å². The number of rotatable bonds is 5. The van der Waals surface area contributed by atoms with E-state index in [9.17, 15) is 0 Å². The number of aromatic nitrogens is 1. The van der Waals surface area contributed by atoms with Crippen LogP contribution >= 0.6 is 11.8 Å². The van der Waals surface area contributed by atoms with Crippen LogP contribution in [0.4, 0.5) is 5.88 Å². The molecule has 0 aliphatic heterocycles. The maximum absolute atomic E-state index is 8.93. The third kappa shape index (κ3) is 3.39. The van der Waals surface area contributed by atoms with E-state index in [1.165, 1.54) is 4.90 Å². The first-order valence-corrected chi connectivity index (χ1v) is 7.32. The summed E-state index contributed by atoms with van der Waals surface area (Å²) in [5, 5.41) is 13.0.